The molecule has 0 aliphatic heterocycles. The molecule has 0 radical (unpaired) electrons. The number of benzene rings is 2. The molecule has 0 saturated heterocycles. The first-order valence-electron chi connectivity index (χ1n) is 10.2. The SMILES string of the molecule is CCOC(=O)C=CC(C(=O)/C=C/c1ccc(O)c(OC)c1)=C(O)/C=C/c1ccc(O)c(OC)c1. The second kappa shape index (κ2) is 12.5. The van der Waals surface area contributed by atoms with Crippen LogP contribution in [0.3, 0.4) is 0 Å². The molecule has 0 atom stereocenters. The highest BCUT2D eigenvalue weighted by molar-refractivity contribution is 6.09. The average molecular weight is 466 g/mol. The number of allylic oxidation sites excluding steroid dienone is 4. The van der Waals surface area contributed by atoms with Gasteiger partial charge in [-0.3, -0.25) is 4.79 Å². The Bertz CT molecular complexity index is 1160. The Labute approximate surface area is 197 Å². The number of rotatable bonds is 10. The van der Waals surface area contributed by atoms with Gasteiger partial charge in [0.1, 0.15) is 5.76 Å². The zero-order chi connectivity index (χ0) is 25.1. The molecule has 0 bridgehead atoms. The van der Waals surface area contributed by atoms with E-state index < -0.39 is 17.5 Å². The third-order valence-electron chi connectivity index (χ3n) is 4.48. The average Bonchev–Trinajstić information content (AvgIpc) is 2.83. The highest BCUT2D eigenvalue weighted by Gasteiger charge is 2.10. The number of phenolic OH excluding ortho intramolecular Hbond substituents is 2. The molecule has 0 aromatic heterocycles. The number of esters is 1. The van der Waals surface area contributed by atoms with Crippen molar-refractivity contribution >= 4 is 23.9 Å². The summed E-state index contributed by atoms with van der Waals surface area (Å²) in [6, 6.07) is 9.11. The molecule has 8 nitrogen and oxygen atoms in total. The van der Waals surface area contributed by atoms with Crippen LogP contribution in [0.4, 0.5) is 0 Å². The van der Waals surface area contributed by atoms with Gasteiger partial charge in [0.2, 0.25) is 0 Å². The minimum atomic E-state index is -0.667. The van der Waals surface area contributed by atoms with Crippen molar-refractivity contribution in [2.75, 3.05) is 20.8 Å². The molecule has 2 rings (SSSR count). The number of ether oxygens (including phenoxy) is 3. The van der Waals surface area contributed by atoms with Gasteiger partial charge in [0.15, 0.2) is 28.8 Å². The van der Waals surface area contributed by atoms with Crippen LogP contribution >= 0.6 is 0 Å². The van der Waals surface area contributed by atoms with Gasteiger partial charge in [-0.05, 0) is 60.5 Å². The Balaban J connectivity index is 2.38. The molecular weight excluding hydrogens is 440 g/mol. The second-order valence-corrected chi connectivity index (χ2v) is 6.78. The smallest absolute Gasteiger partial charge is 0.330 e. The summed E-state index contributed by atoms with van der Waals surface area (Å²) in [5, 5.41) is 30.0. The van der Waals surface area contributed by atoms with Crippen LogP contribution in [0.1, 0.15) is 18.1 Å². The molecule has 0 aliphatic carbocycles. The molecule has 8 heteroatoms. The maximum absolute atomic E-state index is 12.8. The van der Waals surface area contributed by atoms with Gasteiger partial charge in [0.05, 0.1) is 26.4 Å². The van der Waals surface area contributed by atoms with Gasteiger partial charge in [0.25, 0.3) is 0 Å². The molecule has 0 amide bonds. The number of hydrogen-bond donors (Lipinski definition) is 3. The summed E-state index contributed by atoms with van der Waals surface area (Å²) in [6.07, 6.45) is 7.69. The van der Waals surface area contributed by atoms with Gasteiger partial charge >= 0.3 is 5.97 Å². The van der Waals surface area contributed by atoms with Crippen molar-refractivity contribution in [1.82, 2.24) is 0 Å². The minimum absolute atomic E-state index is 0.0383. The number of methoxy groups -OCH3 is 2. The van der Waals surface area contributed by atoms with E-state index in [0.717, 1.165) is 6.08 Å². The summed E-state index contributed by atoms with van der Waals surface area (Å²) in [7, 11) is 2.82. The van der Waals surface area contributed by atoms with Crippen molar-refractivity contribution in [1.29, 1.82) is 0 Å². The van der Waals surface area contributed by atoms with Gasteiger partial charge in [-0.15, -0.1) is 0 Å². The maximum atomic E-state index is 12.8. The van der Waals surface area contributed by atoms with Crippen molar-refractivity contribution in [3.63, 3.8) is 0 Å². The molecule has 0 saturated carbocycles. The van der Waals surface area contributed by atoms with Crippen molar-refractivity contribution in [2.24, 2.45) is 0 Å². The zero-order valence-electron chi connectivity index (χ0n) is 19.0. The fourth-order valence-corrected chi connectivity index (χ4v) is 2.76. The first-order chi connectivity index (χ1) is 16.3. The number of ketones is 1. The summed E-state index contributed by atoms with van der Waals surface area (Å²) in [6.45, 7) is 1.81. The lowest BCUT2D eigenvalue weighted by atomic mass is 10.1. The van der Waals surface area contributed by atoms with E-state index in [9.17, 15) is 24.9 Å². The molecule has 3 N–H and O–H groups in total. The molecule has 0 unspecified atom stereocenters. The van der Waals surface area contributed by atoms with Crippen molar-refractivity contribution in [3.05, 3.63) is 83.2 Å². The van der Waals surface area contributed by atoms with Crippen LogP contribution in [-0.4, -0.2) is 47.9 Å². The standard InChI is InChI=1S/C26H26O8/c1-4-34-26(31)14-9-19(20(27)10-5-17-7-12-22(29)24(15-17)32-2)21(28)11-6-18-8-13-23(30)25(16-18)33-3/h5-16,27,29-30H,4H2,1-3H3/b10-5+,11-6+,14-9?,20-19?. The minimum Gasteiger partial charge on any atom is -0.507 e. The summed E-state index contributed by atoms with van der Waals surface area (Å²) in [4.78, 5) is 24.6. The van der Waals surface area contributed by atoms with Crippen LogP contribution in [0, 0.1) is 0 Å². The Kier molecular flexibility index (Phi) is 9.52. The van der Waals surface area contributed by atoms with Gasteiger partial charge < -0.3 is 29.5 Å². The third kappa shape index (κ3) is 7.30. The first-order valence-corrected chi connectivity index (χ1v) is 10.2. The summed E-state index contributed by atoms with van der Waals surface area (Å²) >= 11 is 0. The van der Waals surface area contributed by atoms with Crippen molar-refractivity contribution in [2.45, 2.75) is 6.92 Å². The Morgan fingerprint density at radius 1 is 0.824 bits per heavy atom. The summed E-state index contributed by atoms with van der Waals surface area (Å²) < 4.78 is 14.9. The first kappa shape index (κ1) is 25.8. The molecule has 178 valence electrons. The van der Waals surface area contributed by atoms with E-state index in [0.29, 0.717) is 11.1 Å². The molecule has 34 heavy (non-hydrogen) atoms. The fourth-order valence-electron chi connectivity index (χ4n) is 2.76. The lowest BCUT2D eigenvalue weighted by Gasteiger charge is -2.05. The molecule has 0 heterocycles. The van der Waals surface area contributed by atoms with Gasteiger partial charge in [0, 0.05) is 6.08 Å². The van der Waals surface area contributed by atoms with E-state index in [1.165, 1.54) is 62.8 Å². The zero-order valence-corrected chi connectivity index (χ0v) is 19.0. The molecule has 0 fully saturated rings. The van der Waals surface area contributed by atoms with Gasteiger partial charge in [-0.25, -0.2) is 4.79 Å². The van der Waals surface area contributed by atoms with E-state index in [-0.39, 0.29) is 35.2 Å². The van der Waals surface area contributed by atoms with Crippen LogP contribution in [0.5, 0.6) is 23.0 Å². The number of carbonyl (C=O) groups is 2. The highest BCUT2D eigenvalue weighted by atomic mass is 16.5. The Morgan fingerprint density at radius 3 is 1.85 bits per heavy atom. The van der Waals surface area contributed by atoms with Crippen molar-refractivity contribution in [3.8, 4) is 23.0 Å². The van der Waals surface area contributed by atoms with E-state index in [2.05, 4.69) is 0 Å². The normalized spacial score (nSPS) is 12.2. The number of hydrogen-bond acceptors (Lipinski definition) is 8. The number of aliphatic hydroxyl groups is 1. The van der Waals surface area contributed by atoms with Crippen LogP contribution in [-0.2, 0) is 14.3 Å². The molecule has 0 spiro atoms. The van der Waals surface area contributed by atoms with Crippen LogP contribution < -0.4 is 9.47 Å². The van der Waals surface area contributed by atoms with Crippen molar-refractivity contribution < 1.29 is 39.1 Å². The lowest BCUT2D eigenvalue weighted by molar-refractivity contribution is -0.137. The van der Waals surface area contributed by atoms with E-state index in [4.69, 9.17) is 14.2 Å². The predicted octanol–water partition coefficient (Wildman–Crippen LogP) is 4.34. The van der Waals surface area contributed by atoms with E-state index >= 15 is 0 Å². The van der Waals surface area contributed by atoms with Gasteiger partial charge in [-0.1, -0.05) is 24.3 Å². The lowest BCUT2D eigenvalue weighted by Crippen LogP contribution is -2.03. The molecule has 0 aliphatic rings. The highest BCUT2D eigenvalue weighted by Crippen LogP contribution is 2.28. The van der Waals surface area contributed by atoms with E-state index in [1.54, 1.807) is 25.1 Å². The topological polar surface area (TPSA) is 123 Å². The third-order valence-corrected chi connectivity index (χ3v) is 4.48. The number of aliphatic hydroxyl groups excluding tert-OH is 1. The van der Waals surface area contributed by atoms with Crippen LogP contribution in [0.25, 0.3) is 12.2 Å². The van der Waals surface area contributed by atoms with Gasteiger partial charge in [-0.2, -0.15) is 0 Å². The molecular formula is C26H26O8. The maximum Gasteiger partial charge on any atom is 0.330 e. The summed E-state index contributed by atoms with van der Waals surface area (Å²) in [5.74, 6) is -1.25. The largest absolute Gasteiger partial charge is 0.507 e. The number of carbonyl (C=O) groups excluding carboxylic acids is 2. The monoisotopic (exact) mass is 466 g/mol. The summed E-state index contributed by atoms with van der Waals surface area (Å²) in [5.41, 5.74) is 1.01. The van der Waals surface area contributed by atoms with Crippen LogP contribution in [0.2, 0.25) is 0 Å². The van der Waals surface area contributed by atoms with E-state index in [1.807, 2.05) is 0 Å². The second-order valence-electron chi connectivity index (χ2n) is 6.78. The number of aromatic hydroxyl groups is 2. The van der Waals surface area contributed by atoms with Crippen LogP contribution in [0.15, 0.2) is 72.0 Å². The number of phenols is 2. The predicted molar refractivity (Wildman–Crippen MR) is 128 cm³/mol. The Hall–Kier alpha value is -4.46. The fraction of sp³-hybridized carbons (Fsp3) is 0.154. The molecule has 2 aromatic carbocycles. The quantitative estimate of drug-likeness (QED) is 0.205. The Morgan fingerprint density at radius 2 is 1.35 bits per heavy atom. The molecule has 2 aromatic rings.